The highest BCUT2D eigenvalue weighted by Crippen LogP contribution is 2.36. The van der Waals surface area contributed by atoms with Gasteiger partial charge in [0.1, 0.15) is 12.1 Å². The van der Waals surface area contributed by atoms with Crippen LogP contribution in [0.4, 0.5) is 0 Å². The minimum atomic E-state index is -0.246. The Morgan fingerprint density at radius 1 is 1.19 bits per heavy atom. The Bertz CT molecular complexity index is 419. The SMILES string of the molecule is CCC1C(=O)NC(C2CC2)C(=O)N1CC1CCCC(C)C1. The molecule has 4 nitrogen and oxygen atoms in total. The van der Waals surface area contributed by atoms with Crippen LogP contribution in [0, 0.1) is 17.8 Å². The highest BCUT2D eigenvalue weighted by Gasteiger charge is 2.46. The number of carbonyl (C=O) groups is 2. The van der Waals surface area contributed by atoms with E-state index in [4.69, 9.17) is 0 Å². The van der Waals surface area contributed by atoms with Gasteiger partial charge in [0.25, 0.3) is 0 Å². The predicted octanol–water partition coefficient (Wildman–Crippen LogP) is 2.33. The number of hydrogen-bond acceptors (Lipinski definition) is 2. The van der Waals surface area contributed by atoms with Crippen LogP contribution in [0.15, 0.2) is 0 Å². The third kappa shape index (κ3) is 3.09. The second-order valence-electron chi connectivity index (χ2n) is 7.38. The van der Waals surface area contributed by atoms with Crippen molar-refractivity contribution < 1.29 is 9.59 Å². The van der Waals surface area contributed by atoms with E-state index in [1.165, 1.54) is 25.7 Å². The Hall–Kier alpha value is -1.06. The van der Waals surface area contributed by atoms with Crippen molar-refractivity contribution in [3.63, 3.8) is 0 Å². The highest BCUT2D eigenvalue weighted by atomic mass is 16.2. The quantitative estimate of drug-likeness (QED) is 0.864. The van der Waals surface area contributed by atoms with E-state index < -0.39 is 0 Å². The molecule has 3 fully saturated rings. The summed E-state index contributed by atoms with van der Waals surface area (Å²) in [5, 5.41) is 2.97. The summed E-state index contributed by atoms with van der Waals surface area (Å²) in [6, 6.07) is -0.481. The van der Waals surface area contributed by atoms with Gasteiger partial charge in [-0.3, -0.25) is 9.59 Å². The van der Waals surface area contributed by atoms with Gasteiger partial charge in [-0.1, -0.05) is 26.7 Å². The van der Waals surface area contributed by atoms with Gasteiger partial charge in [0.2, 0.25) is 11.8 Å². The van der Waals surface area contributed by atoms with Crippen molar-refractivity contribution in [3.8, 4) is 0 Å². The minimum Gasteiger partial charge on any atom is -0.342 e. The van der Waals surface area contributed by atoms with Crippen LogP contribution in [0.2, 0.25) is 0 Å². The molecule has 3 rings (SSSR count). The molecule has 118 valence electrons. The van der Waals surface area contributed by atoms with Crippen molar-refractivity contribution >= 4 is 11.8 Å². The lowest BCUT2D eigenvalue weighted by atomic mass is 9.81. The van der Waals surface area contributed by atoms with Gasteiger partial charge in [-0.2, -0.15) is 0 Å². The van der Waals surface area contributed by atoms with Crippen LogP contribution in [0.1, 0.15) is 58.8 Å². The van der Waals surface area contributed by atoms with E-state index in [9.17, 15) is 9.59 Å². The molecule has 1 saturated heterocycles. The normalized spacial score (nSPS) is 37.5. The zero-order valence-corrected chi connectivity index (χ0v) is 13.3. The van der Waals surface area contributed by atoms with Crippen LogP contribution in [0.3, 0.4) is 0 Å². The summed E-state index contributed by atoms with van der Waals surface area (Å²) in [6.45, 7) is 5.10. The summed E-state index contributed by atoms with van der Waals surface area (Å²) in [7, 11) is 0. The van der Waals surface area contributed by atoms with Crippen molar-refractivity contribution in [1.82, 2.24) is 10.2 Å². The summed E-state index contributed by atoms with van der Waals surface area (Å²) in [5.74, 6) is 1.99. The number of amides is 2. The van der Waals surface area contributed by atoms with Crippen molar-refractivity contribution in [2.24, 2.45) is 17.8 Å². The maximum absolute atomic E-state index is 12.8. The van der Waals surface area contributed by atoms with Crippen LogP contribution < -0.4 is 5.32 Å². The lowest BCUT2D eigenvalue weighted by Crippen LogP contribution is -2.64. The Balaban J connectivity index is 1.71. The number of hydrogen-bond donors (Lipinski definition) is 1. The molecule has 0 radical (unpaired) electrons. The second kappa shape index (κ2) is 5.98. The Labute approximate surface area is 127 Å². The first-order valence-electron chi connectivity index (χ1n) is 8.71. The van der Waals surface area contributed by atoms with Crippen LogP contribution in [0.25, 0.3) is 0 Å². The molecule has 2 aliphatic carbocycles. The van der Waals surface area contributed by atoms with Crippen LogP contribution in [0.5, 0.6) is 0 Å². The zero-order valence-electron chi connectivity index (χ0n) is 13.3. The van der Waals surface area contributed by atoms with Gasteiger partial charge in [0.05, 0.1) is 0 Å². The third-order valence-electron chi connectivity index (χ3n) is 5.51. The number of rotatable bonds is 4. The molecule has 1 aliphatic heterocycles. The van der Waals surface area contributed by atoms with Crippen LogP contribution >= 0.6 is 0 Å². The Morgan fingerprint density at radius 2 is 1.95 bits per heavy atom. The molecule has 0 aromatic heterocycles. The van der Waals surface area contributed by atoms with Crippen molar-refractivity contribution in [3.05, 3.63) is 0 Å². The maximum atomic E-state index is 12.8. The lowest BCUT2D eigenvalue weighted by molar-refractivity contribution is -0.151. The molecule has 0 bridgehead atoms. The molecule has 4 heteroatoms. The number of piperazine rings is 1. The van der Waals surface area contributed by atoms with Gasteiger partial charge in [-0.15, -0.1) is 0 Å². The lowest BCUT2D eigenvalue weighted by Gasteiger charge is -2.41. The van der Waals surface area contributed by atoms with E-state index in [0.29, 0.717) is 11.8 Å². The van der Waals surface area contributed by atoms with E-state index >= 15 is 0 Å². The molecule has 2 amide bonds. The molecule has 1 N–H and O–H groups in total. The first-order valence-corrected chi connectivity index (χ1v) is 8.71. The van der Waals surface area contributed by atoms with Gasteiger partial charge in [0, 0.05) is 6.54 Å². The summed E-state index contributed by atoms with van der Waals surface area (Å²) in [6.07, 6.45) is 7.88. The molecule has 2 saturated carbocycles. The van der Waals surface area contributed by atoms with Crippen molar-refractivity contribution in [2.75, 3.05) is 6.54 Å². The van der Waals surface area contributed by atoms with E-state index in [1.54, 1.807) is 0 Å². The molecular weight excluding hydrogens is 264 g/mol. The van der Waals surface area contributed by atoms with E-state index in [-0.39, 0.29) is 23.9 Å². The molecule has 0 aromatic carbocycles. The van der Waals surface area contributed by atoms with Gasteiger partial charge in [-0.05, 0) is 49.9 Å². The molecule has 0 spiro atoms. The van der Waals surface area contributed by atoms with Crippen molar-refractivity contribution in [2.45, 2.75) is 70.9 Å². The highest BCUT2D eigenvalue weighted by molar-refractivity contribution is 5.97. The van der Waals surface area contributed by atoms with Crippen LogP contribution in [-0.4, -0.2) is 35.3 Å². The Morgan fingerprint density at radius 3 is 2.57 bits per heavy atom. The zero-order chi connectivity index (χ0) is 15.0. The van der Waals surface area contributed by atoms with Gasteiger partial charge in [-0.25, -0.2) is 0 Å². The van der Waals surface area contributed by atoms with E-state index in [0.717, 1.165) is 31.7 Å². The largest absolute Gasteiger partial charge is 0.342 e. The van der Waals surface area contributed by atoms with Crippen LogP contribution in [-0.2, 0) is 9.59 Å². The summed E-state index contributed by atoms with van der Waals surface area (Å²) < 4.78 is 0. The molecule has 4 atom stereocenters. The fourth-order valence-corrected chi connectivity index (χ4v) is 4.16. The second-order valence-corrected chi connectivity index (χ2v) is 7.38. The molecular formula is C17H28N2O2. The molecule has 4 unspecified atom stereocenters. The topological polar surface area (TPSA) is 49.4 Å². The summed E-state index contributed by atoms with van der Waals surface area (Å²) >= 11 is 0. The minimum absolute atomic E-state index is 0.0675. The van der Waals surface area contributed by atoms with Crippen molar-refractivity contribution in [1.29, 1.82) is 0 Å². The molecule has 0 aromatic rings. The number of carbonyl (C=O) groups excluding carboxylic acids is 2. The first kappa shape index (κ1) is 14.9. The fraction of sp³-hybridized carbons (Fsp3) is 0.882. The first-order chi connectivity index (χ1) is 10.1. The predicted molar refractivity (Wildman–Crippen MR) is 81.6 cm³/mol. The van der Waals surface area contributed by atoms with E-state index in [2.05, 4.69) is 12.2 Å². The van der Waals surface area contributed by atoms with Gasteiger partial charge >= 0.3 is 0 Å². The smallest absolute Gasteiger partial charge is 0.246 e. The van der Waals surface area contributed by atoms with E-state index in [1.807, 2.05) is 11.8 Å². The fourth-order valence-electron chi connectivity index (χ4n) is 4.16. The van der Waals surface area contributed by atoms with Gasteiger partial charge in [0.15, 0.2) is 0 Å². The molecule has 1 heterocycles. The summed E-state index contributed by atoms with van der Waals surface area (Å²) in [4.78, 5) is 27.0. The molecule has 21 heavy (non-hydrogen) atoms. The number of nitrogens with zero attached hydrogens (tertiary/aromatic N) is 1. The monoisotopic (exact) mass is 292 g/mol. The van der Waals surface area contributed by atoms with Gasteiger partial charge < -0.3 is 10.2 Å². The standard InChI is InChI=1S/C17H28N2O2/c1-3-14-16(20)18-15(13-7-8-13)17(21)19(14)10-12-6-4-5-11(2)9-12/h11-15H,3-10H2,1-2H3,(H,18,20). The third-order valence-corrected chi connectivity index (χ3v) is 5.51. The summed E-state index contributed by atoms with van der Waals surface area (Å²) in [5.41, 5.74) is 0. The average molecular weight is 292 g/mol. The molecule has 3 aliphatic rings. The Kier molecular flexibility index (Phi) is 4.23. The number of nitrogens with one attached hydrogen (secondary N) is 1. The maximum Gasteiger partial charge on any atom is 0.246 e. The average Bonchev–Trinajstić information content (AvgIpc) is 3.27.